The number of aliphatic imine (C=N–C) groups is 1. The summed E-state index contributed by atoms with van der Waals surface area (Å²) >= 11 is 0. The number of nitrogens with zero attached hydrogens (tertiary/aromatic N) is 1. The van der Waals surface area contributed by atoms with Gasteiger partial charge in [0.2, 0.25) is 0 Å². The van der Waals surface area contributed by atoms with Crippen molar-refractivity contribution in [2.24, 2.45) is 4.99 Å². The maximum atomic E-state index is 11.7. The minimum Gasteiger partial charge on any atom is -0.493 e. The van der Waals surface area contributed by atoms with Gasteiger partial charge in [-0.3, -0.25) is 9.79 Å². The van der Waals surface area contributed by atoms with Gasteiger partial charge < -0.3 is 9.47 Å². The predicted octanol–water partition coefficient (Wildman–Crippen LogP) is 8.30. The van der Waals surface area contributed by atoms with E-state index in [2.05, 4.69) is 11.9 Å². The van der Waals surface area contributed by atoms with E-state index in [1.54, 1.807) is 13.2 Å². The fourth-order valence-corrected chi connectivity index (χ4v) is 3.79. The summed E-state index contributed by atoms with van der Waals surface area (Å²) in [5.41, 5.74) is 0.961. The Morgan fingerprint density at radius 2 is 1.34 bits per heavy atom. The Bertz CT molecular complexity index is 627. The Morgan fingerprint density at radius 1 is 0.781 bits per heavy atom. The molecule has 0 aliphatic rings. The summed E-state index contributed by atoms with van der Waals surface area (Å²) in [5, 5.41) is 0. The molecule has 0 amide bonds. The van der Waals surface area contributed by atoms with Crippen LogP contribution in [0.25, 0.3) is 0 Å². The number of methoxy groups -OCH3 is 1. The van der Waals surface area contributed by atoms with Crippen LogP contribution in [0.5, 0.6) is 11.5 Å². The minimum absolute atomic E-state index is 0.231. The van der Waals surface area contributed by atoms with Gasteiger partial charge in [0.15, 0.2) is 11.5 Å². The predicted molar refractivity (Wildman–Crippen MR) is 136 cm³/mol. The molecule has 0 N–H and O–H groups in total. The van der Waals surface area contributed by atoms with Crippen LogP contribution in [0, 0.1) is 0 Å². The molecule has 1 aromatic rings. The molecule has 1 aromatic carbocycles. The third kappa shape index (κ3) is 14.3. The fourth-order valence-electron chi connectivity index (χ4n) is 3.79. The quantitative estimate of drug-likeness (QED) is 0.0877. The molecule has 0 aliphatic carbocycles. The molecular formula is C28H47NO3. The molecule has 0 fully saturated rings. The smallest absolute Gasteiger partial charge is 0.311 e. The lowest BCUT2D eigenvalue weighted by atomic mass is 10.0. The van der Waals surface area contributed by atoms with Crippen LogP contribution in [-0.4, -0.2) is 25.8 Å². The zero-order valence-electron chi connectivity index (χ0n) is 21.0. The van der Waals surface area contributed by atoms with E-state index in [4.69, 9.17) is 9.47 Å². The van der Waals surface area contributed by atoms with Crippen LogP contribution in [0.15, 0.2) is 23.2 Å². The van der Waals surface area contributed by atoms with Crippen molar-refractivity contribution < 1.29 is 14.3 Å². The molecular weight excluding hydrogens is 398 g/mol. The number of esters is 1. The van der Waals surface area contributed by atoms with Crippen LogP contribution in [0.1, 0.15) is 122 Å². The topological polar surface area (TPSA) is 47.9 Å². The second-order valence-electron chi connectivity index (χ2n) is 8.77. The van der Waals surface area contributed by atoms with Crippen LogP contribution >= 0.6 is 0 Å². The minimum atomic E-state index is -0.231. The summed E-state index contributed by atoms with van der Waals surface area (Å²) in [6.07, 6.45) is 22.2. The number of hydrogen-bond donors (Lipinski definition) is 0. The first kappa shape index (κ1) is 28.2. The highest BCUT2D eigenvalue weighted by atomic mass is 16.6. The van der Waals surface area contributed by atoms with E-state index in [0.29, 0.717) is 17.9 Å². The van der Waals surface area contributed by atoms with Crippen molar-refractivity contribution >= 4 is 12.2 Å². The third-order valence-electron chi connectivity index (χ3n) is 5.75. The lowest BCUT2D eigenvalue weighted by Gasteiger charge is -2.09. The van der Waals surface area contributed by atoms with E-state index < -0.39 is 0 Å². The molecule has 4 heteroatoms. The Hall–Kier alpha value is -1.84. The van der Waals surface area contributed by atoms with Crippen molar-refractivity contribution in [1.82, 2.24) is 0 Å². The molecule has 182 valence electrons. The zero-order valence-corrected chi connectivity index (χ0v) is 21.0. The van der Waals surface area contributed by atoms with Gasteiger partial charge in [-0.05, 0) is 36.6 Å². The van der Waals surface area contributed by atoms with Gasteiger partial charge in [-0.2, -0.15) is 0 Å². The number of carbonyl (C=O) groups is 1. The van der Waals surface area contributed by atoms with E-state index in [0.717, 1.165) is 24.9 Å². The molecule has 0 spiro atoms. The number of rotatable bonds is 20. The van der Waals surface area contributed by atoms with Gasteiger partial charge in [-0.25, -0.2) is 0 Å². The van der Waals surface area contributed by atoms with Crippen molar-refractivity contribution in [2.75, 3.05) is 13.7 Å². The number of ether oxygens (including phenoxy) is 2. The normalized spacial score (nSPS) is 11.2. The largest absolute Gasteiger partial charge is 0.493 e. The second-order valence-corrected chi connectivity index (χ2v) is 8.77. The molecule has 0 heterocycles. The van der Waals surface area contributed by atoms with Crippen LogP contribution in [0.2, 0.25) is 0 Å². The second kappa shape index (κ2) is 19.8. The Morgan fingerprint density at radius 3 is 1.88 bits per heavy atom. The maximum absolute atomic E-state index is 11.7. The molecule has 0 saturated heterocycles. The first-order chi connectivity index (χ1) is 15.7. The first-order valence-electron chi connectivity index (χ1n) is 13.1. The molecule has 4 nitrogen and oxygen atoms in total. The molecule has 0 bridgehead atoms. The molecule has 1 rings (SSSR count). The maximum Gasteiger partial charge on any atom is 0.311 e. The van der Waals surface area contributed by atoms with E-state index in [1.807, 2.05) is 25.3 Å². The summed E-state index contributed by atoms with van der Waals surface area (Å²) in [7, 11) is 1.59. The van der Waals surface area contributed by atoms with Crippen LogP contribution in [0.4, 0.5) is 0 Å². The summed E-state index contributed by atoms with van der Waals surface area (Å²) in [4.78, 5) is 16.2. The Labute approximate surface area is 197 Å². The Balaban J connectivity index is 2.07. The SMILES string of the molecule is CCCCCCCCCCCCCCCCN=Cc1ccc(OC(=O)CCC)c(OC)c1. The number of unbranched alkanes of at least 4 members (excludes halogenated alkanes) is 13. The molecule has 0 saturated carbocycles. The average molecular weight is 446 g/mol. The van der Waals surface area contributed by atoms with Gasteiger partial charge in [0.1, 0.15) is 0 Å². The number of hydrogen-bond acceptors (Lipinski definition) is 4. The summed E-state index contributed by atoms with van der Waals surface area (Å²) < 4.78 is 10.7. The molecule has 0 aliphatic heterocycles. The summed E-state index contributed by atoms with van der Waals surface area (Å²) in [6, 6.07) is 5.55. The Kier molecular flexibility index (Phi) is 17.5. The summed E-state index contributed by atoms with van der Waals surface area (Å²) in [5.74, 6) is 0.801. The van der Waals surface area contributed by atoms with E-state index in [1.165, 1.54) is 83.5 Å². The van der Waals surface area contributed by atoms with E-state index in [-0.39, 0.29) is 5.97 Å². The van der Waals surface area contributed by atoms with E-state index >= 15 is 0 Å². The van der Waals surface area contributed by atoms with Crippen molar-refractivity contribution in [3.63, 3.8) is 0 Å². The van der Waals surface area contributed by atoms with Crippen LogP contribution in [0.3, 0.4) is 0 Å². The van der Waals surface area contributed by atoms with Crippen molar-refractivity contribution in [2.45, 2.75) is 117 Å². The standard InChI is InChI=1S/C28H47NO3/c1-4-6-7-8-9-10-11-12-13-14-15-16-17-18-22-29-24-25-20-21-26(27(23-25)31-3)32-28(30)19-5-2/h20-21,23-24H,4-19,22H2,1-3H3. The van der Waals surface area contributed by atoms with Gasteiger partial charge in [-0.1, -0.05) is 97.3 Å². The van der Waals surface area contributed by atoms with Crippen molar-refractivity contribution in [1.29, 1.82) is 0 Å². The highest BCUT2D eigenvalue weighted by Gasteiger charge is 2.09. The fraction of sp³-hybridized carbons (Fsp3) is 0.714. The highest BCUT2D eigenvalue weighted by molar-refractivity contribution is 5.81. The average Bonchev–Trinajstić information content (AvgIpc) is 2.79. The third-order valence-corrected chi connectivity index (χ3v) is 5.75. The van der Waals surface area contributed by atoms with Gasteiger partial charge in [0.25, 0.3) is 0 Å². The number of carbonyl (C=O) groups excluding carboxylic acids is 1. The number of benzene rings is 1. The molecule has 0 radical (unpaired) electrons. The molecule has 0 atom stereocenters. The van der Waals surface area contributed by atoms with Gasteiger partial charge in [0.05, 0.1) is 7.11 Å². The van der Waals surface area contributed by atoms with Crippen LogP contribution < -0.4 is 9.47 Å². The summed E-state index contributed by atoms with van der Waals surface area (Å²) in [6.45, 7) is 5.09. The lowest BCUT2D eigenvalue weighted by Crippen LogP contribution is -2.08. The van der Waals surface area contributed by atoms with Gasteiger partial charge in [-0.15, -0.1) is 0 Å². The molecule has 0 unspecified atom stereocenters. The highest BCUT2D eigenvalue weighted by Crippen LogP contribution is 2.28. The molecule has 32 heavy (non-hydrogen) atoms. The molecule has 0 aromatic heterocycles. The van der Waals surface area contributed by atoms with Crippen molar-refractivity contribution in [3.05, 3.63) is 23.8 Å². The lowest BCUT2D eigenvalue weighted by molar-refractivity contribution is -0.134. The van der Waals surface area contributed by atoms with Gasteiger partial charge in [0, 0.05) is 19.2 Å². The van der Waals surface area contributed by atoms with E-state index in [9.17, 15) is 4.79 Å². The van der Waals surface area contributed by atoms with Crippen LogP contribution in [-0.2, 0) is 4.79 Å². The monoisotopic (exact) mass is 445 g/mol. The van der Waals surface area contributed by atoms with Crippen molar-refractivity contribution in [3.8, 4) is 11.5 Å². The van der Waals surface area contributed by atoms with Gasteiger partial charge >= 0.3 is 5.97 Å². The zero-order chi connectivity index (χ0) is 23.3. The first-order valence-corrected chi connectivity index (χ1v) is 13.1.